The van der Waals surface area contributed by atoms with Crippen molar-refractivity contribution in [2.24, 2.45) is 28.9 Å². The summed E-state index contributed by atoms with van der Waals surface area (Å²) in [6.45, 7) is 12.4. The lowest BCUT2D eigenvalue weighted by atomic mass is 9.67. The Kier molecular flexibility index (Phi) is 5.14. The molecular formula is C17H34N2O. The molecule has 0 aromatic rings. The van der Waals surface area contributed by atoms with E-state index in [4.69, 9.17) is 5.73 Å². The number of nitrogens with two attached hydrogens (primary N) is 1. The highest BCUT2D eigenvalue weighted by Gasteiger charge is 2.36. The van der Waals surface area contributed by atoms with Gasteiger partial charge in [-0.2, -0.15) is 0 Å². The predicted octanol–water partition coefficient (Wildman–Crippen LogP) is 2.48. The normalized spacial score (nSPS) is 38.1. The summed E-state index contributed by atoms with van der Waals surface area (Å²) in [6, 6.07) is 0.374. The van der Waals surface area contributed by atoms with Crippen LogP contribution in [0.2, 0.25) is 0 Å². The molecule has 0 aromatic heterocycles. The van der Waals surface area contributed by atoms with Crippen LogP contribution >= 0.6 is 0 Å². The van der Waals surface area contributed by atoms with Gasteiger partial charge in [0.1, 0.15) is 0 Å². The van der Waals surface area contributed by atoms with Crippen molar-refractivity contribution in [3.63, 3.8) is 0 Å². The first-order valence-corrected chi connectivity index (χ1v) is 8.43. The van der Waals surface area contributed by atoms with Crippen LogP contribution in [0, 0.1) is 23.2 Å². The molecule has 0 bridgehead atoms. The van der Waals surface area contributed by atoms with Crippen molar-refractivity contribution in [2.45, 2.75) is 65.5 Å². The van der Waals surface area contributed by atoms with Crippen molar-refractivity contribution in [2.75, 3.05) is 19.6 Å². The summed E-state index contributed by atoms with van der Waals surface area (Å²) < 4.78 is 0. The zero-order valence-corrected chi connectivity index (χ0v) is 13.8. The van der Waals surface area contributed by atoms with Crippen LogP contribution in [0.5, 0.6) is 0 Å². The fraction of sp³-hybridized carbons (Fsp3) is 1.00. The van der Waals surface area contributed by atoms with E-state index in [1.165, 1.54) is 19.3 Å². The highest BCUT2D eigenvalue weighted by molar-refractivity contribution is 4.90. The number of hydrogen-bond acceptors (Lipinski definition) is 3. The number of nitrogens with zero attached hydrogens (tertiary/aromatic N) is 1. The first-order valence-electron chi connectivity index (χ1n) is 8.43. The zero-order chi connectivity index (χ0) is 14.9. The summed E-state index contributed by atoms with van der Waals surface area (Å²) in [7, 11) is 0. The molecule has 1 heterocycles. The second-order valence-corrected chi connectivity index (χ2v) is 8.35. The zero-order valence-electron chi connectivity index (χ0n) is 13.8. The standard InChI is InChI=1S/C17H34N2O/c1-12(20)13-7-8-19(10-13)11-14-9-15(17(2,3)4)5-6-16(14)18/h12-16,20H,5-11,18H2,1-4H3. The van der Waals surface area contributed by atoms with E-state index in [2.05, 4.69) is 25.7 Å². The van der Waals surface area contributed by atoms with Gasteiger partial charge in [0.15, 0.2) is 0 Å². The fourth-order valence-electron chi connectivity index (χ4n) is 4.04. The maximum Gasteiger partial charge on any atom is 0.0552 e. The monoisotopic (exact) mass is 282 g/mol. The van der Waals surface area contributed by atoms with Gasteiger partial charge in [-0.05, 0) is 62.3 Å². The van der Waals surface area contributed by atoms with Crippen molar-refractivity contribution >= 4 is 0 Å². The largest absolute Gasteiger partial charge is 0.393 e. The smallest absolute Gasteiger partial charge is 0.0552 e. The Morgan fingerprint density at radius 1 is 1.25 bits per heavy atom. The van der Waals surface area contributed by atoms with Crippen LogP contribution < -0.4 is 5.73 Å². The molecule has 0 spiro atoms. The highest BCUT2D eigenvalue weighted by atomic mass is 16.3. The van der Waals surface area contributed by atoms with E-state index in [0.717, 1.165) is 32.0 Å². The Bertz CT molecular complexity index is 311. The third-order valence-electron chi connectivity index (χ3n) is 5.75. The fourth-order valence-corrected chi connectivity index (χ4v) is 4.04. The van der Waals surface area contributed by atoms with E-state index in [1.807, 2.05) is 6.92 Å². The van der Waals surface area contributed by atoms with Crippen molar-refractivity contribution in [3.05, 3.63) is 0 Å². The summed E-state index contributed by atoms with van der Waals surface area (Å²) in [5.41, 5.74) is 6.79. The first-order chi connectivity index (χ1) is 9.27. The van der Waals surface area contributed by atoms with E-state index in [-0.39, 0.29) is 6.10 Å². The van der Waals surface area contributed by atoms with Gasteiger partial charge in [0.25, 0.3) is 0 Å². The predicted molar refractivity (Wildman–Crippen MR) is 84.5 cm³/mol. The molecule has 5 unspecified atom stereocenters. The highest BCUT2D eigenvalue weighted by Crippen LogP contribution is 2.40. The SMILES string of the molecule is CC(O)C1CCN(CC2CC(C(C)(C)C)CCC2N)C1. The van der Waals surface area contributed by atoms with Gasteiger partial charge in [-0.1, -0.05) is 20.8 Å². The van der Waals surface area contributed by atoms with E-state index in [1.54, 1.807) is 0 Å². The van der Waals surface area contributed by atoms with Crippen molar-refractivity contribution < 1.29 is 5.11 Å². The molecule has 1 saturated heterocycles. The minimum absolute atomic E-state index is 0.164. The maximum atomic E-state index is 9.73. The van der Waals surface area contributed by atoms with Crippen LogP contribution in [0.3, 0.4) is 0 Å². The lowest BCUT2D eigenvalue weighted by Crippen LogP contribution is -2.44. The third kappa shape index (κ3) is 3.96. The van der Waals surface area contributed by atoms with Crippen LogP contribution in [0.4, 0.5) is 0 Å². The molecule has 118 valence electrons. The van der Waals surface area contributed by atoms with Gasteiger partial charge in [0, 0.05) is 19.1 Å². The molecule has 2 aliphatic rings. The molecule has 5 atom stereocenters. The molecular weight excluding hydrogens is 248 g/mol. The second kappa shape index (κ2) is 6.33. The number of rotatable bonds is 3. The molecule has 1 saturated carbocycles. The first kappa shape index (κ1) is 16.3. The van der Waals surface area contributed by atoms with E-state index < -0.39 is 0 Å². The maximum absolute atomic E-state index is 9.73. The number of hydrogen-bond donors (Lipinski definition) is 2. The summed E-state index contributed by atoms with van der Waals surface area (Å²) in [6.07, 6.45) is 4.72. The summed E-state index contributed by atoms with van der Waals surface area (Å²) in [4.78, 5) is 2.53. The Hall–Kier alpha value is -0.120. The third-order valence-corrected chi connectivity index (χ3v) is 5.75. The van der Waals surface area contributed by atoms with Crippen LogP contribution in [-0.4, -0.2) is 41.8 Å². The van der Waals surface area contributed by atoms with Gasteiger partial charge in [-0.15, -0.1) is 0 Å². The second-order valence-electron chi connectivity index (χ2n) is 8.35. The minimum atomic E-state index is -0.164. The Balaban J connectivity index is 1.88. The summed E-state index contributed by atoms with van der Waals surface area (Å²) in [5, 5.41) is 9.73. The van der Waals surface area contributed by atoms with Crippen LogP contribution in [0.1, 0.15) is 53.4 Å². The lowest BCUT2D eigenvalue weighted by Gasteiger charge is -2.42. The molecule has 2 rings (SSSR count). The van der Waals surface area contributed by atoms with Gasteiger partial charge in [0.2, 0.25) is 0 Å². The number of likely N-dealkylation sites (tertiary alicyclic amines) is 1. The van der Waals surface area contributed by atoms with Crippen molar-refractivity contribution in [3.8, 4) is 0 Å². The van der Waals surface area contributed by atoms with Gasteiger partial charge in [0.05, 0.1) is 6.10 Å². The molecule has 2 fully saturated rings. The molecule has 3 N–H and O–H groups in total. The number of aliphatic hydroxyl groups is 1. The molecule has 0 amide bonds. The Morgan fingerprint density at radius 2 is 1.95 bits per heavy atom. The molecule has 1 aliphatic carbocycles. The minimum Gasteiger partial charge on any atom is -0.393 e. The van der Waals surface area contributed by atoms with Crippen molar-refractivity contribution in [1.82, 2.24) is 4.90 Å². The molecule has 1 aliphatic heterocycles. The summed E-state index contributed by atoms with van der Waals surface area (Å²) in [5.74, 6) is 1.91. The van der Waals surface area contributed by atoms with Gasteiger partial charge < -0.3 is 15.7 Å². The molecule has 20 heavy (non-hydrogen) atoms. The Labute approximate surface area is 124 Å². The van der Waals surface area contributed by atoms with Crippen molar-refractivity contribution in [1.29, 1.82) is 0 Å². The van der Waals surface area contributed by atoms with Crippen LogP contribution in [-0.2, 0) is 0 Å². The van der Waals surface area contributed by atoms with E-state index in [0.29, 0.717) is 23.3 Å². The van der Waals surface area contributed by atoms with E-state index in [9.17, 15) is 5.11 Å². The van der Waals surface area contributed by atoms with Gasteiger partial charge >= 0.3 is 0 Å². The average molecular weight is 282 g/mol. The van der Waals surface area contributed by atoms with E-state index >= 15 is 0 Å². The molecule has 3 nitrogen and oxygen atoms in total. The lowest BCUT2D eigenvalue weighted by molar-refractivity contribution is 0.0968. The van der Waals surface area contributed by atoms with Gasteiger partial charge in [-0.25, -0.2) is 0 Å². The van der Waals surface area contributed by atoms with Crippen LogP contribution in [0.25, 0.3) is 0 Å². The topological polar surface area (TPSA) is 49.5 Å². The molecule has 0 radical (unpaired) electrons. The average Bonchev–Trinajstić information content (AvgIpc) is 2.79. The molecule has 0 aromatic carbocycles. The Morgan fingerprint density at radius 3 is 2.50 bits per heavy atom. The van der Waals surface area contributed by atoms with Gasteiger partial charge in [-0.3, -0.25) is 0 Å². The summed E-state index contributed by atoms with van der Waals surface area (Å²) >= 11 is 0. The van der Waals surface area contributed by atoms with Crippen LogP contribution in [0.15, 0.2) is 0 Å². The quantitative estimate of drug-likeness (QED) is 0.836. The molecule has 3 heteroatoms. The number of aliphatic hydroxyl groups excluding tert-OH is 1.